The second-order valence-electron chi connectivity index (χ2n) is 6.08. The molecule has 1 saturated carbocycles. The number of benzene rings is 1. The molecule has 136 valence electrons. The molecule has 1 aromatic carbocycles. The van der Waals surface area contributed by atoms with Gasteiger partial charge in [0.25, 0.3) is 0 Å². The van der Waals surface area contributed by atoms with Gasteiger partial charge in [-0.15, -0.1) is 12.4 Å². The third-order valence-corrected chi connectivity index (χ3v) is 4.54. The van der Waals surface area contributed by atoms with Crippen LogP contribution in [0.25, 0.3) is 0 Å². The molecule has 0 aromatic heterocycles. The molecule has 0 aliphatic heterocycles. The van der Waals surface area contributed by atoms with Crippen molar-refractivity contribution in [1.29, 1.82) is 0 Å². The lowest BCUT2D eigenvalue weighted by Gasteiger charge is -2.36. The number of nitrogens with one attached hydrogen (secondary N) is 2. The zero-order valence-corrected chi connectivity index (χ0v) is 14.5. The standard InChI is InChI=1S/C17H23F3N2O.ClH/c1-21-10-11-22-15(23)16(8-3-2-4-9-16)13-6-5-7-14(12-13)17(18,19)20;/h5-7,12,21H,2-4,8-11H2,1H3,(H,22,23);1H. The Morgan fingerprint density at radius 3 is 2.42 bits per heavy atom. The Balaban J connectivity index is 0.00000288. The van der Waals surface area contributed by atoms with Gasteiger partial charge in [0.15, 0.2) is 0 Å². The summed E-state index contributed by atoms with van der Waals surface area (Å²) in [4.78, 5) is 12.7. The van der Waals surface area contributed by atoms with Crippen LogP contribution in [0.5, 0.6) is 0 Å². The molecule has 0 unspecified atom stereocenters. The Bertz CT molecular complexity index is 543. The number of halogens is 4. The highest BCUT2D eigenvalue weighted by Crippen LogP contribution is 2.41. The first-order chi connectivity index (χ1) is 10.9. The van der Waals surface area contributed by atoms with E-state index in [4.69, 9.17) is 0 Å². The van der Waals surface area contributed by atoms with E-state index < -0.39 is 17.2 Å². The molecule has 1 amide bonds. The number of carbonyl (C=O) groups is 1. The quantitative estimate of drug-likeness (QED) is 0.783. The van der Waals surface area contributed by atoms with Crippen molar-refractivity contribution in [3.8, 4) is 0 Å². The summed E-state index contributed by atoms with van der Waals surface area (Å²) in [5, 5.41) is 5.81. The summed E-state index contributed by atoms with van der Waals surface area (Å²) in [5.74, 6) is -0.160. The minimum absolute atomic E-state index is 0. The summed E-state index contributed by atoms with van der Waals surface area (Å²) in [7, 11) is 1.79. The molecular weight excluding hydrogens is 341 g/mol. The van der Waals surface area contributed by atoms with Gasteiger partial charge in [0.2, 0.25) is 5.91 Å². The van der Waals surface area contributed by atoms with E-state index in [0.29, 0.717) is 31.5 Å². The topological polar surface area (TPSA) is 41.1 Å². The fourth-order valence-electron chi connectivity index (χ4n) is 3.27. The van der Waals surface area contributed by atoms with Gasteiger partial charge in [-0.2, -0.15) is 13.2 Å². The SMILES string of the molecule is CNCCNC(=O)C1(c2cccc(C(F)(F)F)c2)CCCCC1.Cl. The van der Waals surface area contributed by atoms with Crippen molar-refractivity contribution < 1.29 is 18.0 Å². The summed E-state index contributed by atoms with van der Waals surface area (Å²) in [6.45, 7) is 1.10. The van der Waals surface area contributed by atoms with Crippen molar-refractivity contribution >= 4 is 18.3 Å². The van der Waals surface area contributed by atoms with Gasteiger partial charge in [-0.05, 0) is 31.5 Å². The van der Waals surface area contributed by atoms with Gasteiger partial charge in [0, 0.05) is 13.1 Å². The molecule has 0 spiro atoms. The zero-order chi connectivity index (χ0) is 16.9. The van der Waals surface area contributed by atoms with Crippen LogP contribution in [0.1, 0.15) is 43.2 Å². The Morgan fingerprint density at radius 2 is 1.83 bits per heavy atom. The Morgan fingerprint density at radius 1 is 1.17 bits per heavy atom. The average molecular weight is 365 g/mol. The van der Waals surface area contributed by atoms with Gasteiger partial charge in [0.05, 0.1) is 11.0 Å². The van der Waals surface area contributed by atoms with Gasteiger partial charge >= 0.3 is 6.18 Å². The lowest BCUT2D eigenvalue weighted by molar-refractivity contribution is -0.138. The minimum atomic E-state index is -4.39. The first-order valence-corrected chi connectivity index (χ1v) is 8.01. The number of alkyl halides is 3. The van der Waals surface area contributed by atoms with E-state index in [1.807, 2.05) is 0 Å². The lowest BCUT2D eigenvalue weighted by atomic mass is 9.68. The number of amides is 1. The van der Waals surface area contributed by atoms with Gasteiger partial charge in [-0.3, -0.25) is 4.79 Å². The van der Waals surface area contributed by atoms with E-state index in [1.165, 1.54) is 6.07 Å². The van der Waals surface area contributed by atoms with E-state index in [0.717, 1.165) is 31.4 Å². The molecular formula is C17H24ClF3N2O. The Labute approximate surface area is 146 Å². The van der Waals surface area contributed by atoms with Crippen LogP contribution >= 0.6 is 12.4 Å². The number of hydrogen-bond acceptors (Lipinski definition) is 2. The van der Waals surface area contributed by atoms with E-state index in [2.05, 4.69) is 10.6 Å². The summed E-state index contributed by atoms with van der Waals surface area (Å²) in [6.07, 6.45) is -0.468. The third-order valence-electron chi connectivity index (χ3n) is 4.54. The number of carbonyl (C=O) groups excluding carboxylic acids is 1. The van der Waals surface area contributed by atoms with Gasteiger partial charge in [0.1, 0.15) is 0 Å². The maximum atomic E-state index is 13.0. The second kappa shape index (κ2) is 8.72. The first kappa shape index (κ1) is 20.8. The highest BCUT2D eigenvalue weighted by atomic mass is 35.5. The largest absolute Gasteiger partial charge is 0.416 e. The van der Waals surface area contributed by atoms with Gasteiger partial charge in [-0.25, -0.2) is 0 Å². The lowest BCUT2D eigenvalue weighted by Crippen LogP contribution is -2.47. The van der Waals surface area contributed by atoms with Crippen molar-refractivity contribution in [2.75, 3.05) is 20.1 Å². The summed E-state index contributed by atoms with van der Waals surface area (Å²) in [6, 6.07) is 5.25. The van der Waals surface area contributed by atoms with Crippen molar-refractivity contribution in [2.45, 2.75) is 43.7 Å². The maximum absolute atomic E-state index is 13.0. The van der Waals surface area contributed by atoms with E-state index in [9.17, 15) is 18.0 Å². The van der Waals surface area contributed by atoms with Crippen LogP contribution in [-0.4, -0.2) is 26.0 Å². The Kier molecular flexibility index (Phi) is 7.55. The van der Waals surface area contributed by atoms with Crippen molar-refractivity contribution in [2.24, 2.45) is 0 Å². The molecule has 0 saturated heterocycles. The van der Waals surface area contributed by atoms with Gasteiger partial charge < -0.3 is 10.6 Å². The fraction of sp³-hybridized carbons (Fsp3) is 0.588. The smallest absolute Gasteiger partial charge is 0.354 e. The van der Waals surface area contributed by atoms with Crippen LogP contribution in [0.15, 0.2) is 24.3 Å². The fourth-order valence-corrected chi connectivity index (χ4v) is 3.27. The normalized spacial score (nSPS) is 17.0. The molecule has 0 bridgehead atoms. The highest BCUT2D eigenvalue weighted by Gasteiger charge is 2.42. The molecule has 0 radical (unpaired) electrons. The number of likely N-dealkylation sites (N-methyl/N-ethyl adjacent to an activating group) is 1. The molecule has 2 N–H and O–H groups in total. The minimum Gasteiger partial charge on any atom is -0.354 e. The predicted octanol–water partition coefficient (Wildman–Crippen LogP) is 3.66. The van der Waals surface area contributed by atoms with Crippen molar-refractivity contribution in [3.63, 3.8) is 0 Å². The second-order valence-corrected chi connectivity index (χ2v) is 6.08. The van der Waals surface area contributed by atoms with Crippen LogP contribution in [0, 0.1) is 0 Å². The molecule has 1 aliphatic rings. The Hall–Kier alpha value is -1.27. The predicted molar refractivity (Wildman–Crippen MR) is 90.4 cm³/mol. The molecule has 24 heavy (non-hydrogen) atoms. The molecule has 1 aromatic rings. The van der Waals surface area contributed by atoms with E-state index in [-0.39, 0.29) is 18.3 Å². The van der Waals surface area contributed by atoms with E-state index in [1.54, 1.807) is 13.1 Å². The summed E-state index contributed by atoms with van der Waals surface area (Å²) in [5.41, 5.74) is -1.05. The monoisotopic (exact) mass is 364 g/mol. The van der Waals surface area contributed by atoms with Crippen LogP contribution in [-0.2, 0) is 16.4 Å². The van der Waals surface area contributed by atoms with Crippen LogP contribution in [0.4, 0.5) is 13.2 Å². The summed E-state index contributed by atoms with van der Waals surface area (Å²) < 4.78 is 39.0. The maximum Gasteiger partial charge on any atom is 0.416 e. The molecule has 1 aliphatic carbocycles. The first-order valence-electron chi connectivity index (χ1n) is 8.01. The number of rotatable bonds is 5. The number of hydrogen-bond donors (Lipinski definition) is 2. The molecule has 7 heteroatoms. The van der Waals surface area contributed by atoms with Crippen LogP contribution < -0.4 is 10.6 Å². The molecule has 1 fully saturated rings. The van der Waals surface area contributed by atoms with Crippen molar-refractivity contribution in [3.05, 3.63) is 35.4 Å². The van der Waals surface area contributed by atoms with Crippen molar-refractivity contribution in [1.82, 2.24) is 10.6 Å². The van der Waals surface area contributed by atoms with Crippen LogP contribution in [0.3, 0.4) is 0 Å². The molecule has 3 nitrogen and oxygen atoms in total. The third kappa shape index (κ3) is 4.63. The highest BCUT2D eigenvalue weighted by molar-refractivity contribution is 5.88. The molecule has 0 heterocycles. The summed E-state index contributed by atoms with van der Waals surface area (Å²) >= 11 is 0. The zero-order valence-electron chi connectivity index (χ0n) is 13.7. The van der Waals surface area contributed by atoms with Gasteiger partial charge in [-0.1, -0.05) is 37.5 Å². The molecule has 0 atom stereocenters. The van der Waals surface area contributed by atoms with Crippen LogP contribution in [0.2, 0.25) is 0 Å². The van der Waals surface area contributed by atoms with E-state index >= 15 is 0 Å². The molecule has 2 rings (SSSR count). The average Bonchev–Trinajstić information content (AvgIpc) is 2.55.